The van der Waals surface area contributed by atoms with Crippen LogP contribution in [0.2, 0.25) is 0 Å². The van der Waals surface area contributed by atoms with Gasteiger partial charge in [0.15, 0.2) is 0 Å². The zero-order valence-electron chi connectivity index (χ0n) is 10.9. The summed E-state index contributed by atoms with van der Waals surface area (Å²) in [6.45, 7) is 3.66. The minimum absolute atomic E-state index is 0.0272. The maximum atomic E-state index is 12.3. The van der Waals surface area contributed by atoms with Gasteiger partial charge in [-0.05, 0) is 18.8 Å². The maximum Gasteiger partial charge on any atom is 0.331 e. The normalized spacial score (nSPS) is 26.7. The molecular formula is C13H20N2O3. The predicted molar refractivity (Wildman–Crippen MR) is 65.6 cm³/mol. The average molecular weight is 252 g/mol. The molecule has 5 nitrogen and oxygen atoms in total. The summed E-state index contributed by atoms with van der Waals surface area (Å²) in [5.74, 6) is -1.57. The molecule has 2 fully saturated rings. The fraction of sp³-hybridized carbons (Fsp3) is 0.769. The van der Waals surface area contributed by atoms with Crippen LogP contribution in [0.3, 0.4) is 0 Å². The number of hydrogen-bond donors (Lipinski definition) is 1. The largest absolute Gasteiger partial charge is 0.331 e. The van der Waals surface area contributed by atoms with Crippen LogP contribution in [-0.4, -0.2) is 28.8 Å². The topological polar surface area (TPSA) is 66.5 Å². The first-order chi connectivity index (χ1) is 8.52. The summed E-state index contributed by atoms with van der Waals surface area (Å²) in [7, 11) is 0. The van der Waals surface area contributed by atoms with Gasteiger partial charge in [-0.3, -0.25) is 19.8 Å². The number of urea groups is 1. The third kappa shape index (κ3) is 2.26. The highest BCUT2D eigenvalue weighted by molar-refractivity contribution is 6.16. The highest BCUT2D eigenvalue weighted by atomic mass is 16.2. The molecule has 0 radical (unpaired) electrons. The molecule has 1 aliphatic heterocycles. The summed E-state index contributed by atoms with van der Waals surface area (Å²) in [6, 6.07) is -0.561. The minimum atomic E-state index is -0.718. The quantitative estimate of drug-likeness (QED) is 0.760. The van der Waals surface area contributed by atoms with Crippen molar-refractivity contribution in [2.75, 3.05) is 0 Å². The molecule has 4 amide bonds. The smallest absolute Gasteiger partial charge is 0.277 e. The van der Waals surface area contributed by atoms with Crippen molar-refractivity contribution >= 4 is 17.8 Å². The molecule has 1 atom stereocenters. The van der Waals surface area contributed by atoms with Crippen LogP contribution in [-0.2, 0) is 9.59 Å². The fourth-order valence-corrected chi connectivity index (χ4v) is 2.88. The van der Waals surface area contributed by atoms with Crippen molar-refractivity contribution in [1.82, 2.24) is 10.2 Å². The Morgan fingerprint density at radius 2 is 1.72 bits per heavy atom. The third-order valence-corrected chi connectivity index (χ3v) is 3.84. The van der Waals surface area contributed by atoms with Crippen LogP contribution in [0, 0.1) is 11.8 Å². The first-order valence-electron chi connectivity index (χ1n) is 6.70. The van der Waals surface area contributed by atoms with Gasteiger partial charge in [0, 0.05) is 6.04 Å². The van der Waals surface area contributed by atoms with Gasteiger partial charge in [0.25, 0.3) is 0 Å². The number of imide groups is 2. The molecular weight excluding hydrogens is 232 g/mol. The molecule has 5 heteroatoms. The van der Waals surface area contributed by atoms with Gasteiger partial charge >= 0.3 is 6.03 Å². The Morgan fingerprint density at radius 3 is 2.28 bits per heavy atom. The Labute approximate surface area is 107 Å². The number of carbonyl (C=O) groups excluding carboxylic acids is 3. The number of carbonyl (C=O) groups is 3. The summed E-state index contributed by atoms with van der Waals surface area (Å²) in [6.07, 6.45) is 4.97. The van der Waals surface area contributed by atoms with Gasteiger partial charge in [-0.1, -0.05) is 33.1 Å². The van der Waals surface area contributed by atoms with Gasteiger partial charge in [-0.15, -0.1) is 0 Å². The summed E-state index contributed by atoms with van der Waals surface area (Å²) >= 11 is 0. The van der Waals surface area contributed by atoms with E-state index in [0.29, 0.717) is 0 Å². The molecule has 0 aromatic rings. The molecule has 0 spiro atoms. The Bertz CT molecular complexity index is 372. The van der Waals surface area contributed by atoms with E-state index in [4.69, 9.17) is 0 Å². The van der Waals surface area contributed by atoms with Gasteiger partial charge in [0.05, 0.1) is 0 Å². The molecule has 0 bridgehead atoms. The number of amides is 4. The van der Waals surface area contributed by atoms with E-state index in [0.717, 1.165) is 32.1 Å². The molecule has 0 aromatic carbocycles. The summed E-state index contributed by atoms with van der Waals surface area (Å²) < 4.78 is 0. The summed E-state index contributed by atoms with van der Waals surface area (Å²) in [5, 5.41) is 2.32. The van der Waals surface area contributed by atoms with Crippen molar-refractivity contribution < 1.29 is 14.4 Å². The van der Waals surface area contributed by atoms with Gasteiger partial charge in [0.1, 0.15) is 5.92 Å². The zero-order valence-corrected chi connectivity index (χ0v) is 10.9. The minimum Gasteiger partial charge on any atom is -0.277 e. The van der Waals surface area contributed by atoms with Gasteiger partial charge in [0.2, 0.25) is 11.8 Å². The van der Waals surface area contributed by atoms with E-state index in [9.17, 15) is 14.4 Å². The number of rotatable bonds is 2. The van der Waals surface area contributed by atoms with E-state index in [1.165, 1.54) is 4.90 Å². The number of nitrogens with zero attached hydrogens (tertiary/aromatic N) is 1. The van der Waals surface area contributed by atoms with Crippen LogP contribution in [0.4, 0.5) is 4.79 Å². The Hall–Kier alpha value is -1.39. The first kappa shape index (κ1) is 13.1. The lowest BCUT2D eigenvalue weighted by Gasteiger charge is -2.38. The molecule has 1 unspecified atom stereocenters. The third-order valence-electron chi connectivity index (χ3n) is 3.84. The molecule has 1 N–H and O–H groups in total. The van der Waals surface area contributed by atoms with Gasteiger partial charge in [-0.25, -0.2) is 4.79 Å². The van der Waals surface area contributed by atoms with E-state index < -0.39 is 17.9 Å². The van der Waals surface area contributed by atoms with Crippen molar-refractivity contribution in [3.8, 4) is 0 Å². The van der Waals surface area contributed by atoms with E-state index in [1.54, 1.807) is 0 Å². The zero-order chi connectivity index (χ0) is 13.3. The average Bonchev–Trinajstić information content (AvgIpc) is 2.28. The molecule has 1 heterocycles. The molecule has 1 saturated carbocycles. The van der Waals surface area contributed by atoms with Crippen molar-refractivity contribution in [3.05, 3.63) is 0 Å². The lowest BCUT2D eigenvalue weighted by Crippen LogP contribution is -2.62. The SMILES string of the molecule is CC(C)C1C(=O)NC(=O)N(C2CCCCC2)C1=O. The molecule has 18 heavy (non-hydrogen) atoms. The van der Waals surface area contributed by atoms with E-state index in [2.05, 4.69) is 5.32 Å². The Morgan fingerprint density at radius 1 is 1.11 bits per heavy atom. The lowest BCUT2D eigenvalue weighted by atomic mass is 9.88. The second-order valence-corrected chi connectivity index (χ2v) is 5.52. The van der Waals surface area contributed by atoms with Gasteiger partial charge < -0.3 is 0 Å². The van der Waals surface area contributed by atoms with Crippen LogP contribution in [0.15, 0.2) is 0 Å². The highest BCUT2D eigenvalue weighted by Gasteiger charge is 2.44. The fourth-order valence-electron chi connectivity index (χ4n) is 2.88. The summed E-state index contributed by atoms with van der Waals surface area (Å²) in [5.41, 5.74) is 0. The predicted octanol–water partition coefficient (Wildman–Crippen LogP) is 1.67. The van der Waals surface area contributed by atoms with E-state index in [1.807, 2.05) is 13.8 Å². The Kier molecular flexibility index (Phi) is 3.68. The lowest BCUT2D eigenvalue weighted by molar-refractivity contribution is -0.146. The van der Waals surface area contributed by atoms with Crippen molar-refractivity contribution in [3.63, 3.8) is 0 Å². The number of barbiturate groups is 1. The molecule has 100 valence electrons. The molecule has 0 aromatic heterocycles. The molecule has 1 aliphatic carbocycles. The highest BCUT2D eigenvalue weighted by Crippen LogP contribution is 2.27. The van der Waals surface area contributed by atoms with E-state index in [-0.39, 0.29) is 17.9 Å². The van der Waals surface area contributed by atoms with Crippen LogP contribution in [0.25, 0.3) is 0 Å². The van der Waals surface area contributed by atoms with Crippen LogP contribution in [0.5, 0.6) is 0 Å². The Balaban J connectivity index is 2.20. The first-order valence-corrected chi connectivity index (χ1v) is 6.70. The monoisotopic (exact) mass is 252 g/mol. The van der Waals surface area contributed by atoms with Crippen molar-refractivity contribution in [1.29, 1.82) is 0 Å². The van der Waals surface area contributed by atoms with E-state index >= 15 is 0 Å². The molecule has 2 rings (SSSR count). The summed E-state index contributed by atoms with van der Waals surface area (Å²) in [4.78, 5) is 37.2. The van der Waals surface area contributed by atoms with Gasteiger partial charge in [-0.2, -0.15) is 0 Å². The molecule has 1 saturated heterocycles. The second kappa shape index (κ2) is 5.08. The van der Waals surface area contributed by atoms with Crippen LogP contribution >= 0.6 is 0 Å². The van der Waals surface area contributed by atoms with Crippen LogP contribution < -0.4 is 5.32 Å². The maximum absolute atomic E-state index is 12.3. The number of hydrogen-bond acceptors (Lipinski definition) is 3. The van der Waals surface area contributed by atoms with Crippen molar-refractivity contribution in [2.24, 2.45) is 11.8 Å². The molecule has 2 aliphatic rings. The van der Waals surface area contributed by atoms with Crippen LogP contribution in [0.1, 0.15) is 46.0 Å². The number of nitrogens with one attached hydrogen (secondary N) is 1. The standard InChI is InChI=1S/C13H20N2O3/c1-8(2)10-11(16)14-13(18)15(12(10)17)9-6-4-3-5-7-9/h8-10H,3-7H2,1-2H3,(H,14,16,18). The second-order valence-electron chi connectivity index (χ2n) is 5.52. The van der Waals surface area contributed by atoms with Crippen molar-refractivity contribution in [2.45, 2.75) is 52.0 Å².